The molecule has 1 aromatic rings. The van der Waals surface area contributed by atoms with Crippen molar-refractivity contribution in [3.63, 3.8) is 0 Å². The van der Waals surface area contributed by atoms with Crippen LogP contribution in [-0.4, -0.2) is 35.4 Å². The number of aromatic nitrogens is 2. The zero-order chi connectivity index (χ0) is 15.1. The van der Waals surface area contributed by atoms with Crippen molar-refractivity contribution in [3.8, 4) is 0 Å². The largest absolute Gasteiger partial charge is 0.516 e. The van der Waals surface area contributed by atoms with Gasteiger partial charge in [0, 0.05) is 13.3 Å². The average molecular weight is 252 g/mol. The van der Waals surface area contributed by atoms with Crippen LogP contribution < -0.4 is 5.59 Å². The monoisotopic (exact) mass is 252 g/mol. The van der Waals surface area contributed by atoms with Crippen LogP contribution in [-0.2, 0) is 20.7 Å². The molecule has 98 valence electrons. The molecule has 6 heteroatoms. The normalized spacial score (nSPS) is 22.8. The minimum absolute atomic E-state index is 0.0582. The molecule has 5 nitrogen and oxygen atoms in total. The first kappa shape index (κ1) is 10.9. The molecule has 0 saturated carbocycles. The van der Waals surface area contributed by atoms with Crippen molar-refractivity contribution < 1.29 is 16.8 Å². The molecule has 0 amide bonds. The zero-order valence-corrected chi connectivity index (χ0v) is 11.4. The fourth-order valence-electron chi connectivity index (χ4n) is 1.61. The van der Waals surface area contributed by atoms with Crippen molar-refractivity contribution in [2.24, 2.45) is 0 Å². The summed E-state index contributed by atoms with van der Waals surface area (Å²) < 4.78 is 32.2. The number of hydrogen-bond donors (Lipinski definition) is 0. The van der Waals surface area contributed by atoms with Gasteiger partial charge in [0.1, 0.15) is 0 Å². The van der Waals surface area contributed by atoms with Crippen molar-refractivity contribution in [3.05, 3.63) is 18.0 Å². The minimum atomic E-state index is -0.754. The van der Waals surface area contributed by atoms with Crippen LogP contribution in [0.25, 0.3) is 0 Å². The Hall–Kier alpha value is -0.975. The van der Waals surface area contributed by atoms with Gasteiger partial charge < -0.3 is 14.0 Å². The van der Waals surface area contributed by atoms with Gasteiger partial charge in [0.15, 0.2) is 0 Å². The second-order valence-electron chi connectivity index (χ2n) is 5.30. The van der Waals surface area contributed by atoms with Gasteiger partial charge in [-0.2, -0.15) is 0 Å². The molecule has 0 bridgehead atoms. The van der Waals surface area contributed by atoms with E-state index in [1.807, 2.05) is 27.7 Å². The SMILES string of the molecule is [2H]c1nc([2H])c(B2OC(C)(C)C(C)(C)O2)nc1COC. The van der Waals surface area contributed by atoms with Gasteiger partial charge in [0.2, 0.25) is 0 Å². The molecule has 2 rings (SSSR count). The molecule has 0 aliphatic carbocycles. The third-order valence-corrected chi connectivity index (χ3v) is 3.37. The first-order chi connectivity index (χ1) is 9.18. The number of nitrogens with zero attached hydrogens (tertiary/aromatic N) is 2. The van der Waals surface area contributed by atoms with Crippen LogP contribution in [0.2, 0.25) is 0 Å². The Balaban J connectivity index is 2.37. The summed E-state index contributed by atoms with van der Waals surface area (Å²) in [5, 5.41) is 0. The van der Waals surface area contributed by atoms with Crippen molar-refractivity contribution >= 4 is 12.7 Å². The molecule has 0 N–H and O–H groups in total. The van der Waals surface area contributed by atoms with E-state index in [-0.39, 0.29) is 24.5 Å². The Labute approximate surface area is 111 Å². The lowest BCUT2D eigenvalue weighted by Gasteiger charge is -2.32. The number of ether oxygens (including phenoxy) is 1. The Bertz CT molecular complexity index is 510. The number of hydrogen-bond acceptors (Lipinski definition) is 5. The summed E-state index contributed by atoms with van der Waals surface area (Å²) in [5.74, 6) is 0. The summed E-state index contributed by atoms with van der Waals surface area (Å²) in [7, 11) is 0.765. The van der Waals surface area contributed by atoms with Gasteiger partial charge in [-0.25, -0.2) is 0 Å². The van der Waals surface area contributed by atoms with Crippen molar-refractivity contribution in [2.75, 3.05) is 7.11 Å². The quantitative estimate of drug-likeness (QED) is 0.749. The predicted octanol–water partition coefficient (Wildman–Crippen LogP) is 0.922. The van der Waals surface area contributed by atoms with Crippen LogP contribution >= 0.6 is 0 Å². The molecule has 1 aromatic heterocycles. The second kappa shape index (κ2) is 4.61. The van der Waals surface area contributed by atoms with Gasteiger partial charge in [-0.05, 0) is 27.7 Å². The highest BCUT2D eigenvalue weighted by Crippen LogP contribution is 2.36. The van der Waals surface area contributed by atoms with E-state index in [1.54, 1.807) is 0 Å². The molecule has 1 aliphatic rings. The second-order valence-corrected chi connectivity index (χ2v) is 5.30. The van der Waals surface area contributed by atoms with Crippen LogP contribution in [0.15, 0.2) is 12.3 Å². The molecule has 1 fully saturated rings. The van der Waals surface area contributed by atoms with E-state index in [1.165, 1.54) is 7.11 Å². The Morgan fingerprint density at radius 3 is 2.44 bits per heavy atom. The first-order valence-electron chi connectivity index (χ1n) is 6.86. The highest BCUT2D eigenvalue weighted by Gasteiger charge is 2.52. The lowest BCUT2D eigenvalue weighted by Crippen LogP contribution is -2.41. The molecular formula is C12H19BN2O3. The van der Waals surface area contributed by atoms with E-state index < -0.39 is 18.3 Å². The van der Waals surface area contributed by atoms with Crippen LogP contribution in [0.3, 0.4) is 0 Å². The Morgan fingerprint density at radius 1 is 1.28 bits per heavy atom. The maximum Gasteiger partial charge on any atom is 0.516 e. The first-order valence-corrected chi connectivity index (χ1v) is 5.86. The molecule has 18 heavy (non-hydrogen) atoms. The Morgan fingerprint density at radius 2 is 1.89 bits per heavy atom. The fraction of sp³-hybridized carbons (Fsp3) is 0.667. The van der Waals surface area contributed by atoms with Gasteiger partial charge in [-0.15, -0.1) is 0 Å². The van der Waals surface area contributed by atoms with Crippen LogP contribution in [0, 0.1) is 0 Å². The van der Waals surface area contributed by atoms with Crippen molar-refractivity contribution in [1.82, 2.24) is 9.97 Å². The van der Waals surface area contributed by atoms with E-state index in [0.29, 0.717) is 5.69 Å². The molecule has 0 aromatic carbocycles. The topological polar surface area (TPSA) is 53.5 Å². The van der Waals surface area contributed by atoms with Gasteiger partial charge in [0.25, 0.3) is 0 Å². The molecule has 1 saturated heterocycles. The van der Waals surface area contributed by atoms with Crippen molar-refractivity contribution in [2.45, 2.75) is 45.5 Å². The van der Waals surface area contributed by atoms with E-state index in [0.717, 1.165) is 0 Å². The fourth-order valence-corrected chi connectivity index (χ4v) is 1.61. The standard InChI is InChI=1S/C12H19BN2O3/c1-11(2)12(3,4)18-13(17-11)10-7-14-6-9(15-10)8-16-5/h6-7H,8H2,1-5H3/i6D,7D. The molecular weight excluding hydrogens is 231 g/mol. The van der Waals surface area contributed by atoms with Gasteiger partial charge >= 0.3 is 7.12 Å². The van der Waals surface area contributed by atoms with Gasteiger partial charge in [-0.1, -0.05) is 0 Å². The summed E-state index contributed by atoms with van der Waals surface area (Å²) in [6.07, 6.45) is -0.162. The van der Waals surface area contributed by atoms with E-state index in [2.05, 4.69) is 9.97 Å². The van der Waals surface area contributed by atoms with Crippen LogP contribution in [0.5, 0.6) is 0 Å². The summed E-state index contributed by atoms with van der Waals surface area (Å²) >= 11 is 0. The molecule has 0 unspecified atom stereocenters. The molecule has 2 heterocycles. The highest BCUT2D eigenvalue weighted by atomic mass is 16.7. The zero-order valence-electron chi connectivity index (χ0n) is 13.4. The molecule has 0 spiro atoms. The molecule has 1 aliphatic heterocycles. The predicted molar refractivity (Wildman–Crippen MR) is 68.5 cm³/mol. The van der Waals surface area contributed by atoms with E-state index in [9.17, 15) is 0 Å². The average Bonchev–Trinajstić information content (AvgIpc) is 2.52. The van der Waals surface area contributed by atoms with Crippen molar-refractivity contribution in [1.29, 1.82) is 0 Å². The van der Waals surface area contributed by atoms with E-state index in [4.69, 9.17) is 16.8 Å². The smallest absolute Gasteiger partial charge is 0.398 e. The molecule has 0 radical (unpaired) electrons. The number of rotatable bonds is 3. The van der Waals surface area contributed by atoms with Crippen LogP contribution in [0.1, 0.15) is 36.1 Å². The molecule has 0 atom stereocenters. The maximum absolute atomic E-state index is 7.87. The van der Waals surface area contributed by atoms with E-state index >= 15 is 0 Å². The van der Waals surface area contributed by atoms with Crippen LogP contribution in [0.4, 0.5) is 0 Å². The maximum atomic E-state index is 7.87. The summed E-state index contributed by atoms with van der Waals surface area (Å²) in [5.41, 5.74) is -0.362. The summed E-state index contributed by atoms with van der Waals surface area (Å²) in [6, 6.07) is 0. The van der Waals surface area contributed by atoms with Gasteiger partial charge in [0.05, 0.1) is 38.0 Å². The number of methoxy groups -OCH3 is 1. The minimum Gasteiger partial charge on any atom is -0.398 e. The lowest BCUT2D eigenvalue weighted by atomic mass is 9.85. The Kier molecular flexibility index (Phi) is 2.79. The third-order valence-electron chi connectivity index (χ3n) is 3.37. The highest BCUT2D eigenvalue weighted by molar-refractivity contribution is 6.61. The summed E-state index contributed by atoms with van der Waals surface area (Å²) in [4.78, 5) is 8.13. The van der Waals surface area contributed by atoms with Gasteiger partial charge in [-0.3, -0.25) is 9.97 Å². The summed E-state index contributed by atoms with van der Waals surface area (Å²) in [6.45, 7) is 7.88. The lowest BCUT2D eigenvalue weighted by molar-refractivity contribution is 0.00578. The third kappa shape index (κ3) is 2.41.